The molecule has 3 rings (SSSR count). The van der Waals surface area contributed by atoms with E-state index in [4.69, 9.17) is 9.47 Å². The van der Waals surface area contributed by atoms with Gasteiger partial charge in [-0.25, -0.2) is 0 Å². The molecule has 0 aliphatic carbocycles. The van der Waals surface area contributed by atoms with Crippen molar-refractivity contribution in [2.45, 2.75) is 38.8 Å². The van der Waals surface area contributed by atoms with Crippen molar-refractivity contribution >= 4 is 5.91 Å². The molecule has 2 aromatic rings. The van der Waals surface area contributed by atoms with Crippen molar-refractivity contribution in [2.75, 3.05) is 13.2 Å². The fraction of sp³-hybridized carbons (Fsp3) is 0.444. The first kappa shape index (κ1) is 16.4. The Kier molecular flexibility index (Phi) is 4.46. The third-order valence-corrected chi connectivity index (χ3v) is 4.01. The van der Waals surface area contributed by atoms with Crippen LogP contribution in [0.2, 0.25) is 0 Å². The predicted octanol–water partition coefficient (Wildman–Crippen LogP) is 2.35. The smallest absolute Gasteiger partial charge is 0.244 e. The fourth-order valence-electron chi connectivity index (χ4n) is 2.81. The van der Waals surface area contributed by atoms with E-state index in [9.17, 15) is 4.79 Å². The van der Waals surface area contributed by atoms with Crippen LogP contribution < -0.4 is 14.8 Å². The van der Waals surface area contributed by atoms with Crippen LogP contribution in [0.25, 0.3) is 0 Å². The minimum Gasteiger partial charge on any atom is -0.488 e. The zero-order valence-electron chi connectivity index (χ0n) is 14.3. The molecule has 0 saturated carbocycles. The number of hydrogen-bond donors (Lipinski definition) is 1. The Balaban J connectivity index is 1.50. The first-order chi connectivity index (χ1) is 11.5. The largest absolute Gasteiger partial charge is 0.488 e. The molecule has 0 unspecified atom stereocenters. The van der Waals surface area contributed by atoms with E-state index in [2.05, 4.69) is 30.3 Å². The summed E-state index contributed by atoms with van der Waals surface area (Å²) in [5.74, 6) is 1.46. The van der Waals surface area contributed by atoms with Crippen molar-refractivity contribution in [2.24, 2.45) is 0 Å². The van der Waals surface area contributed by atoms with E-state index in [1.54, 1.807) is 23.1 Å². The molecule has 6 heteroatoms. The van der Waals surface area contributed by atoms with Crippen LogP contribution in [-0.4, -0.2) is 34.4 Å². The second-order valence-electron chi connectivity index (χ2n) is 6.58. The minimum atomic E-state index is -0.342. The number of aromatic nitrogens is 2. The summed E-state index contributed by atoms with van der Waals surface area (Å²) in [6.45, 7) is 6.75. The Morgan fingerprint density at radius 1 is 1.46 bits per heavy atom. The third kappa shape index (κ3) is 3.53. The third-order valence-electron chi connectivity index (χ3n) is 4.01. The average Bonchev–Trinajstić information content (AvgIpc) is 3.16. The van der Waals surface area contributed by atoms with E-state index in [0.29, 0.717) is 13.2 Å². The summed E-state index contributed by atoms with van der Waals surface area (Å²) >= 11 is 0. The molecule has 0 radical (unpaired) electrons. The molecule has 0 spiro atoms. The van der Waals surface area contributed by atoms with Crippen molar-refractivity contribution in [3.63, 3.8) is 0 Å². The number of hydrogen-bond acceptors (Lipinski definition) is 4. The molecule has 1 atom stereocenters. The highest BCUT2D eigenvalue weighted by Gasteiger charge is 2.32. The predicted molar refractivity (Wildman–Crippen MR) is 90.3 cm³/mol. The maximum absolute atomic E-state index is 12.1. The summed E-state index contributed by atoms with van der Waals surface area (Å²) in [6.07, 6.45) is 4.30. The number of rotatable bonds is 6. The molecule has 1 N–H and O–H groups in total. The normalized spacial score (nSPS) is 16.1. The van der Waals surface area contributed by atoms with E-state index in [-0.39, 0.29) is 17.6 Å². The zero-order valence-corrected chi connectivity index (χ0v) is 14.3. The van der Waals surface area contributed by atoms with Gasteiger partial charge in [0.1, 0.15) is 18.2 Å². The monoisotopic (exact) mass is 329 g/mol. The maximum Gasteiger partial charge on any atom is 0.244 e. The molecule has 1 aromatic carbocycles. The standard InChI is InChI=1S/C18H23N3O3/c1-13(21-10-5-8-20-21)17(22)19-9-11-23-15-7-4-6-14-12-18(2,3)24-16(14)15/h4-8,10,13H,9,11-12H2,1-3H3,(H,19,22)/t13-/m0/s1. The van der Waals surface area contributed by atoms with Gasteiger partial charge in [0.05, 0.1) is 6.54 Å². The van der Waals surface area contributed by atoms with Gasteiger partial charge in [0.25, 0.3) is 0 Å². The first-order valence-electron chi connectivity index (χ1n) is 8.17. The lowest BCUT2D eigenvalue weighted by Crippen LogP contribution is -2.34. The van der Waals surface area contributed by atoms with Crippen molar-refractivity contribution < 1.29 is 14.3 Å². The van der Waals surface area contributed by atoms with Gasteiger partial charge in [0.2, 0.25) is 5.91 Å². The molecular weight excluding hydrogens is 306 g/mol. The summed E-state index contributed by atoms with van der Waals surface area (Å²) in [5, 5.41) is 6.93. The Labute approximate surface area is 141 Å². The Morgan fingerprint density at radius 2 is 2.29 bits per heavy atom. The van der Waals surface area contributed by atoms with Crippen molar-refractivity contribution in [3.05, 3.63) is 42.2 Å². The average molecular weight is 329 g/mol. The van der Waals surface area contributed by atoms with Crippen molar-refractivity contribution in [1.82, 2.24) is 15.1 Å². The van der Waals surface area contributed by atoms with E-state index < -0.39 is 0 Å². The lowest BCUT2D eigenvalue weighted by Gasteiger charge is -2.18. The second kappa shape index (κ2) is 6.55. The van der Waals surface area contributed by atoms with Crippen molar-refractivity contribution in [3.8, 4) is 11.5 Å². The van der Waals surface area contributed by atoms with Crippen LogP contribution in [0.1, 0.15) is 32.4 Å². The Hall–Kier alpha value is -2.50. The van der Waals surface area contributed by atoms with Crippen LogP contribution in [0.15, 0.2) is 36.7 Å². The van der Waals surface area contributed by atoms with Gasteiger partial charge in [-0.2, -0.15) is 5.10 Å². The topological polar surface area (TPSA) is 65.4 Å². The minimum absolute atomic E-state index is 0.0852. The van der Waals surface area contributed by atoms with Gasteiger partial charge in [-0.15, -0.1) is 0 Å². The van der Waals surface area contributed by atoms with E-state index in [1.165, 1.54) is 0 Å². The number of benzene rings is 1. The van der Waals surface area contributed by atoms with Crippen LogP contribution in [0.3, 0.4) is 0 Å². The molecule has 6 nitrogen and oxygen atoms in total. The van der Waals surface area contributed by atoms with Crippen LogP contribution in [0.5, 0.6) is 11.5 Å². The summed E-state index contributed by atoms with van der Waals surface area (Å²) in [4.78, 5) is 12.1. The summed E-state index contributed by atoms with van der Waals surface area (Å²) < 4.78 is 13.4. The summed E-state index contributed by atoms with van der Waals surface area (Å²) in [5.41, 5.74) is 0.962. The highest BCUT2D eigenvalue weighted by molar-refractivity contribution is 5.79. The molecule has 24 heavy (non-hydrogen) atoms. The molecule has 2 heterocycles. The molecule has 1 amide bonds. The fourth-order valence-corrected chi connectivity index (χ4v) is 2.81. The van der Waals surface area contributed by atoms with Gasteiger partial charge in [-0.1, -0.05) is 12.1 Å². The molecular formula is C18H23N3O3. The maximum atomic E-state index is 12.1. The Morgan fingerprint density at radius 3 is 3.04 bits per heavy atom. The van der Waals surface area contributed by atoms with Gasteiger partial charge in [-0.3, -0.25) is 9.48 Å². The van der Waals surface area contributed by atoms with E-state index in [0.717, 1.165) is 23.5 Å². The lowest BCUT2D eigenvalue weighted by molar-refractivity contribution is -0.124. The lowest BCUT2D eigenvalue weighted by atomic mass is 10.0. The number of para-hydroxylation sites is 1. The van der Waals surface area contributed by atoms with E-state index in [1.807, 2.05) is 19.1 Å². The molecule has 1 aliphatic heterocycles. The zero-order chi connectivity index (χ0) is 17.2. The highest BCUT2D eigenvalue weighted by atomic mass is 16.5. The molecule has 0 saturated heterocycles. The quantitative estimate of drug-likeness (QED) is 0.826. The molecule has 128 valence electrons. The summed E-state index contributed by atoms with van der Waals surface area (Å²) in [6, 6.07) is 7.38. The first-order valence-corrected chi connectivity index (χ1v) is 8.17. The van der Waals surface area contributed by atoms with Gasteiger partial charge in [0.15, 0.2) is 11.5 Å². The molecule has 1 aliphatic rings. The highest BCUT2D eigenvalue weighted by Crippen LogP contribution is 2.41. The van der Waals surface area contributed by atoms with Crippen LogP contribution in [0.4, 0.5) is 0 Å². The van der Waals surface area contributed by atoms with Crippen LogP contribution in [-0.2, 0) is 11.2 Å². The number of carbonyl (C=O) groups excluding carboxylic acids is 1. The number of ether oxygens (including phenoxy) is 2. The number of amides is 1. The van der Waals surface area contributed by atoms with Gasteiger partial charge >= 0.3 is 0 Å². The SMILES string of the molecule is C[C@@H](C(=O)NCCOc1cccc2c1OC(C)(C)C2)n1cccn1. The number of carbonyl (C=O) groups is 1. The van der Waals surface area contributed by atoms with Crippen LogP contribution in [0, 0.1) is 0 Å². The van der Waals surface area contributed by atoms with Gasteiger partial charge in [0, 0.05) is 24.4 Å². The second-order valence-corrected chi connectivity index (χ2v) is 6.58. The van der Waals surface area contributed by atoms with Crippen LogP contribution >= 0.6 is 0 Å². The number of nitrogens with zero attached hydrogens (tertiary/aromatic N) is 2. The van der Waals surface area contributed by atoms with Gasteiger partial charge < -0.3 is 14.8 Å². The number of nitrogens with one attached hydrogen (secondary N) is 1. The summed E-state index contributed by atoms with van der Waals surface area (Å²) in [7, 11) is 0. The van der Waals surface area contributed by atoms with E-state index >= 15 is 0 Å². The molecule has 1 aromatic heterocycles. The van der Waals surface area contributed by atoms with Crippen molar-refractivity contribution in [1.29, 1.82) is 0 Å². The number of fused-ring (bicyclic) bond motifs is 1. The Bertz CT molecular complexity index is 710. The van der Waals surface area contributed by atoms with Gasteiger partial charge in [-0.05, 0) is 32.9 Å². The molecule has 0 fully saturated rings. The molecule has 0 bridgehead atoms.